The number of carbonyl (C=O) groups excluding carboxylic acids is 1. The number of nitrogens with zero attached hydrogens (tertiary/aromatic N) is 3. The Balaban J connectivity index is 1.58. The lowest BCUT2D eigenvalue weighted by molar-refractivity contribution is -0.148. The van der Waals surface area contributed by atoms with E-state index in [0.29, 0.717) is 43.5 Å². The average Bonchev–Trinajstić information content (AvgIpc) is 3.15. The molecule has 1 aromatic heterocycles. The summed E-state index contributed by atoms with van der Waals surface area (Å²) >= 11 is 1.24. The summed E-state index contributed by atoms with van der Waals surface area (Å²) in [5.41, 5.74) is 0. The van der Waals surface area contributed by atoms with Crippen molar-refractivity contribution in [2.75, 3.05) is 39.3 Å². The summed E-state index contributed by atoms with van der Waals surface area (Å²) in [4.78, 5) is 16.8. The van der Waals surface area contributed by atoms with E-state index in [9.17, 15) is 13.2 Å². The van der Waals surface area contributed by atoms with Gasteiger partial charge in [-0.2, -0.15) is 4.31 Å². The van der Waals surface area contributed by atoms with E-state index >= 15 is 0 Å². The molecule has 3 heterocycles. The lowest BCUT2D eigenvalue weighted by Crippen LogP contribution is -2.58. The summed E-state index contributed by atoms with van der Waals surface area (Å²) in [5.74, 6) is 0.0987. The van der Waals surface area contributed by atoms with Crippen LogP contribution in [0.3, 0.4) is 0 Å². The van der Waals surface area contributed by atoms with Crippen molar-refractivity contribution in [1.29, 1.82) is 0 Å². The molecule has 2 saturated heterocycles. The second-order valence-corrected chi connectivity index (χ2v) is 10.2. The first-order valence-electron chi connectivity index (χ1n) is 9.01. The minimum Gasteiger partial charge on any atom is -0.372 e. The fraction of sp³-hybridized carbons (Fsp3) is 0.706. The van der Waals surface area contributed by atoms with Gasteiger partial charge in [0.25, 0.3) is 10.0 Å². The van der Waals surface area contributed by atoms with Crippen LogP contribution in [-0.4, -0.2) is 85.9 Å². The highest BCUT2D eigenvalue weighted by molar-refractivity contribution is 7.91. The second kappa shape index (κ2) is 7.93. The fourth-order valence-corrected chi connectivity index (χ4v) is 6.21. The molecule has 0 unspecified atom stereocenters. The minimum absolute atomic E-state index is 0.0442. The molecule has 9 heteroatoms. The first-order chi connectivity index (χ1) is 12.3. The van der Waals surface area contributed by atoms with Crippen LogP contribution >= 0.6 is 11.3 Å². The van der Waals surface area contributed by atoms with Crippen LogP contribution in [0.25, 0.3) is 0 Å². The highest BCUT2D eigenvalue weighted by Crippen LogP contribution is 2.23. The lowest BCUT2D eigenvalue weighted by Gasteiger charge is -2.41. The fourth-order valence-electron chi connectivity index (χ4n) is 3.65. The average molecular weight is 402 g/mol. The van der Waals surface area contributed by atoms with E-state index in [1.807, 2.05) is 25.7 Å². The maximum absolute atomic E-state index is 12.9. The SMILES string of the molecule is C[C@@H]1CN(C(=O)[C@H](C)N2CCN(S(=O)(=O)c3cccs3)CC2)C[C@@H](C)O1. The number of hydrogen-bond acceptors (Lipinski definition) is 6. The zero-order chi connectivity index (χ0) is 18.9. The van der Waals surface area contributed by atoms with Gasteiger partial charge in [-0.15, -0.1) is 11.3 Å². The van der Waals surface area contributed by atoms with Crippen molar-refractivity contribution in [2.24, 2.45) is 0 Å². The van der Waals surface area contributed by atoms with E-state index in [-0.39, 0.29) is 24.2 Å². The van der Waals surface area contributed by atoms with E-state index in [2.05, 4.69) is 4.90 Å². The standard InChI is InChI=1S/C17H27N3O4S2/c1-13-11-19(12-14(2)24-13)17(21)15(3)18-6-8-20(9-7-18)26(22,23)16-5-4-10-25-16/h4-5,10,13-15H,6-9,11-12H2,1-3H3/t13-,14-,15+/m1/s1. The molecule has 3 rings (SSSR count). The van der Waals surface area contributed by atoms with E-state index in [4.69, 9.17) is 4.74 Å². The smallest absolute Gasteiger partial charge is 0.252 e. The number of hydrogen-bond donors (Lipinski definition) is 0. The number of thiophene rings is 1. The predicted molar refractivity (Wildman–Crippen MR) is 101 cm³/mol. The van der Waals surface area contributed by atoms with Gasteiger partial charge < -0.3 is 9.64 Å². The van der Waals surface area contributed by atoms with Crippen LogP contribution < -0.4 is 0 Å². The van der Waals surface area contributed by atoms with Crippen LogP contribution in [0.5, 0.6) is 0 Å². The lowest BCUT2D eigenvalue weighted by atomic mass is 10.1. The monoisotopic (exact) mass is 401 g/mol. The van der Waals surface area contributed by atoms with Crippen LogP contribution in [0.4, 0.5) is 0 Å². The summed E-state index contributed by atoms with van der Waals surface area (Å²) in [6, 6.07) is 3.14. The summed E-state index contributed by atoms with van der Waals surface area (Å²) in [5, 5.41) is 1.77. The molecule has 26 heavy (non-hydrogen) atoms. The van der Waals surface area contributed by atoms with Gasteiger partial charge in [0.1, 0.15) is 4.21 Å². The van der Waals surface area contributed by atoms with Gasteiger partial charge in [-0.3, -0.25) is 9.69 Å². The molecule has 0 bridgehead atoms. The van der Waals surface area contributed by atoms with Gasteiger partial charge in [0, 0.05) is 39.3 Å². The first-order valence-corrected chi connectivity index (χ1v) is 11.3. The van der Waals surface area contributed by atoms with Crippen molar-refractivity contribution in [3.05, 3.63) is 17.5 Å². The zero-order valence-electron chi connectivity index (χ0n) is 15.5. The van der Waals surface area contributed by atoms with Crippen molar-refractivity contribution in [2.45, 2.75) is 43.2 Å². The Labute approximate surface area is 159 Å². The van der Waals surface area contributed by atoms with Crippen molar-refractivity contribution in [3.63, 3.8) is 0 Å². The molecule has 0 N–H and O–H groups in total. The maximum atomic E-state index is 12.9. The molecule has 3 atom stereocenters. The van der Waals surface area contributed by atoms with Crippen molar-refractivity contribution >= 4 is 27.3 Å². The largest absolute Gasteiger partial charge is 0.372 e. The number of piperazine rings is 1. The molecule has 7 nitrogen and oxygen atoms in total. The highest BCUT2D eigenvalue weighted by atomic mass is 32.2. The summed E-state index contributed by atoms with van der Waals surface area (Å²) < 4.78 is 32.8. The van der Waals surface area contributed by atoms with Gasteiger partial charge in [-0.1, -0.05) is 6.07 Å². The molecule has 0 saturated carbocycles. The Bertz CT molecular complexity index is 704. The number of rotatable bonds is 4. The Morgan fingerprint density at radius 3 is 2.35 bits per heavy atom. The van der Waals surface area contributed by atoms with Crippen molar-refractivity contribution in [3.8, 4) is 0 Å². The second-order valence-electron chi connectivity index (χ2n) is 7.05. The van der Waals surface area contributed by atoms with E-state index < -0.39 is 10.0 Å². The topological polar surface area (TPSA) is 70.2 Å². The van der Waals surface area contributed by atoms with E-state index in [1.165, 1.54) is 15.6 Å². The summed E-state index contributed by atoms with van der Waals surface area (Å²) in [6.45, 7) is 9.04. The van der Waals surface area contributed by atoms with Crippen LogP contribution in [0.2, 0.25) is 0 Å². The van der Waals surface area contributed by atoms with Crippen molar-refractivity contribution < 1.29 is 17.9 Å². The van der Waals surface area contributed by atoms with Gasteiger partial charge >= 0.3 is 0 Å². The number of carbonyl (C=O) groups is 1. The molecule has 2 fully saturated rings. The quantitative estimate of drug-likeness (QED) is 0.755. The van der Waals surface area contributed by atoms with Crippen LogP contribution in [0.1, 0.15) is 20.8 Å². The maximum Gasteiger partial charge on any atom is 0.252 e. The normalized spacial score (nSPS) is 27.4. The highest BCUT2D eigenvalue weighted by Gasteiger charge is 2.35. The molecule has 0 aromatic carbocycles. The Kier molecular flexibility index (Phi) is 6.03. The summed E-state index contributed by atoms with van der Waals surface area (Å²) in [6.07, 6.45) is 0.0883. The molecule has 2 aliphatic rings. The number of sulfonamides is 1. The third-order valence-electron chi connectivity index (χ3n) is 5.00. The Morgan fingerprint density at radius 2 is 1.81 bits per heavy atom. The first kappa shape index (κ1) is 19.8. The molecular formula is C17H27N3O4S2. The van der Waals surface area contributed by atoms with Gasteiger partial charge in [-0.05, 0) is 32.2 Å². The number of ether oxygens (including phenoxy) is 1. The van der Waals surface area contributed by atoms with Gasteiger partial charge in [0.15, 0.2) is 0 Å². The number of amides is 1. The third kappa shape index (κ3) is 4.12. The Morgan fingerprint density at radius 1 is 1.19 bits per heavy atom. The van der Waals surface area contributed by atoms with Crippen LogP contribution in [0, 0.1) is 0 Å². The molecule has 146 valence electrons. The number of morpholine rings is 1. The van der Waals surface area contributed by atoms with E-state index in [0.717, 1.165) is 0 Å². The zero-order valence-corrected chi connectivity index (χ0v) is 17.1. The molecule has 1 amide bonds. The molecule has 1 aromatic rings. The molecule has 0 aliphatic carbocycles. The molecule has 0 radical (unpaired) electrons. The van der Waals surface area contributed by atoms with Crippen molar-refractivity contribution in [1.82, 2.24) is 14.1 Å². The summed E-state index contributed by atoms with van der Waals surface area (Å²) in [7, 11) is -3.41. The van der Waals surface area contributed by atoms with Gasteiger partial charge in [0.05, 0.1) is 18.2 Å². The third-order valence-corrected chi connectivity index (χ3v) is 8.27. The van der Waals surface area contributed by atoms with Crippen LogP contribution in [0.15, 0.2) is 21.7 Å². The van der Waals surface area contributed by atoms with Gasteiger partial charge in [-0.25, -0.2) is 8.42 Å². The molecule has 2 aliphatic heterocycles. The minimum atomic E-state index is -3.41. The van der Waals surface area contributed by atoms with Gasteiger partial charge in [0.2, 0.25) is 5.91 Å². The molecular weight excluding hydrogens is 374 g/mol. The van der Waals surface area contributed by atoms with Crippen LogP contribution in [-0.2, 0) is 19.6 Å². The predicted octanol–water partition coefficient (Wildman–Crippen LogP) is 1.08. The Hall–Kier alpha value is -1.00. The molecule has 0 spiro atoms. The van der Waals surface area contributed by atoms with E-state index in [1.54, 1.807) is 17.5 Å².